The maximum absolute atomic E-state index is 12.0. The van der Waals surface area contributed by atoms with Gasteiger partial charge in [-0.15, -0.1) is 0 Å². The van der Waals surface area contributed by atoms with Crippen molar-refractivity contribution in [2.24, 2.45) is 0 Å². The molecule has 0 aliphatic carbocycles. The Morgan fingerprint density at radius 2 is 2.04 bits per heavy atom. The summed E-state index contributed by atoms with van der Waals surface area (Å²) in [6.07, 6.45) is 1.29. The SMILES string of the molecule is COc1ccccc1NC(=O)COC(=O)c1ccc2ocnc2c1. The molecule has 0 unspecified atom stereocenters. The van der Waals surface area contributed by atoms with Gasteiger partial charge in [-0.3, -0.25) is 4.79 Å². The Balaban J connectivity index is 1.60. The van der Waals surface area contributed by atoms with Crippen LogP contribution in [0.5, 0.6) is 5.75 Å². The minimum Gasteiger partial charge on any atom is -0.495 e. The molecule has 24 heavy (non-hydrogen) atoms. The summed E-state index contributed by atoms with van der Waals surface area (Å²) in [5.41, 5.74) is 1.91. The summed E-state index contributed by atoms with van der Waals surface area (Å²) < 4.78 is 15.2. The molecule has 0 atom stereocenters. The van der Waals surface area contributed by atoms with Crippen LogP contribution in [0.1, 0.15) is 10.4 Å². The molecule has 0 saturated heterocycles. The molecule has 1 N–H and O–H groups in total. The van der Waals surface area contributed by atoms with Crippen LogP contribution >= 0.6 is 0 Å². The van der Waals surface area contributed by atoms with Gasteiger partial charge in [0.2, 0.25) is 0 Å². The number of nitrogens with zero attached hydrogens (tertiary/aromatic N) is 1. The van der Waals surface area contributed by atoms with E-state index in [1.54, 1.807) is 42.5 Å². The summed E-state index contributed by atoms with van der Waals surface area (Å²) in [5, 5.41) is 2.63. The number of carbonyl (C=O) groups is 2. The third-order valence-electron chi connectivity index (χ3n) is 3.28. The lowest BCUT2D eigenvalue weighted by Gasteiger charge is -2.10. The van der Waals surface area contributed by atoms with Crippen molar-refractivity contribution in [3.63, 3.8) is 0 Å². The van der Waals surface area contributed by atoms with Crippen LogP contribution in [0.2, 0.25) is 0 Å². The number of oxazole rings is 1. The minimum atomic E-state index is -0.616. The second-order valence-electron chi connectivity index (χ2n) is 4.86. The zero-order chi connectivity index (χ0) is 16.9. The van der Waals surface area contributed by atoms with E-state index in [4.69, 9.17) is 13.9 Å². The molecule has 0 bridgehead atoms. The molecule has 3 aromatic rings. The average Bonchev–Trinajstić information content (AvgIpc) is 3.07. The number of fused-ring (bicyclic) bond motifs is 1. The highest BCUT2D eigenvalue weighted by Gasteiger charge is 2.13. The number of aromatic nitrogens is 1. The highest BCUT2D eigenvalue weighted by atomic mass is 16.5. The molecule has 1 amide bonds. The molecule has 0 aliphatic heterocycles. The summed E-state index contributed by atoms with van der Waals surface area (Å²) in [4.78, 5) is 27.9. The van der Waals surface area contributed by atoms with E-state index in [2.05, 4.69) is 10.3 Å². The molecule has 2 aromatic carbocycles. The molecular weight excluding hydrogens is 312 g/mol. The third kappa shape index (κ3) is 3.35. The lowest BCUT2D eigenvalue weighted by atomic mass is 10.2. The predicted molar refractivity (Wildman–Crippen MR) is 85.9 cm³/mol. The lowest BCUT2D eigenvalue weighted by Crippen LogP contribution is -2.21. The number of hydrogen-bond acceptors (Lipinski definition) is 6. The molecule has 1 heterocycles. The number of anilines is 1. The maximum atomic E-state index is 12.0. The van der Waals surface area contributed by atoms with Crippen LogP contribution in [-0.2, 0) is 9.53 Å². The van der Waals surface area contributed by atoms with Crippen LogP contribution in [0.25, 0.3) is 11.1 Å². The summed E-state index contributed by atoms with van der Waals surface area (Å²) >= 11 is 0. The monoisotopic (exact) mass is 326 g/mol. The van der Waals surface area contributed by atoms with Crippen molar-refractivity contribution in [3.05, 3.63) is 54.4 Å². The molecule has 3 rings (SSSR count). The molecule has 7 heteroatoms. The standard InChI is InChI=1S/C17H14N2O5/c1-22-14-5-3-2-4-12(14)19-16(20)9-23-17(21)11-6-7-15-13(8-11)18-10-24-15/h2-8,10H,9H2,1H3,(H,19,20). The van der Waals surface area contributed by atoms with Crippen LogP contribution in [0.4, 0.5) is 5.69 Å². The normalized spacial score (nSPS) is 10.4. The molecule has 0 fully saturated rings. The van der Waals surface area contributed by atoms with Crippen LogP contribution in [0, 0.1) is 0 Å². The van der Waals surface area contributed by atoms with Crippen molar-refractivity contribution in [2.45, 2.75) is 0 Å². The number of hydrogen-bond donors (Lipinski definition) is 1. The molecule has 0 spiro atoms. The Labute approximate surface area is 137 Å². The number of para-hydroxylation sites is 2. The number of esters is 1. The van der Waals surface area contributed by atoms with E-state index >= 15 is 0 Å². The van der Waals surface area contributed by atoms with Gasteiger partial charge in [-0.05, 0) is 30.3 Å². The van der Waals surface area contributed by atoms with E-state index in [1.807, 2.05) is 0 Å². The Morgan fingerprint density at radius 3 is 2.88 bits per heavy atom. The van der Waals surface area contributed by atoms with Crippen molar-refractivity contribution < 1.29 is 23.5 Å². The Morgan fingerprint density at radius 1 is 1.21 bits per heavy atom. The van der Waals surface area contributed by atoms with Gasteiger partial charge in [0, 0.05) is 0 Å². The highest BCUT2D eigenvalue weighted by molar-refractivity contribution is 5.97. The van der Waals surface area contributed by atoms with Gasteiger partial charge in [0.05, 0.1) is 18.4 Å². The summed E-state index contributed by atoms with van der Waals surface area (Å²) in [6, 6.07) is 11.7. The molecule has 0 aliphatic rings. The van der Waals surface area contributed by atoms with E-state index in [0.717, 1.165) is 0 Å². The minimum absolute atomic E-state index is 0.293. The first-order chi connectivity index (χ1) is 11.7. The molecule has 0 saturated carbocycles. The summed E-state index contributed by atoms with van der Waals surface area (Å²) in [5.74, 6) is -0.556. The second-order valence-corrected chi connectivity index (χ2v) is 4.86. The van der Waals surface area contributed by atoms with Gasteiger partial charge in [-0.2, -0.15) is 0 Å². The number of benzene rings is 2. The second kappa shape index (κ2) is 6.82. The molecule has 122 valence electrons. The van der Waals surface area contributed by atoms with Crippen LogP contribution in [-0.4, -0.2) is 30.6 Å². The number of rotatable bonds is 5. The highest BCUT2D eigenvalue weighted by Crippen LogP contribution is 2.22. The van der Waals surface area contributed by atoms with Crippen molar-refractivity contribution in [2.75, 3.05) is 19.0 Å². The van der Waals surface area contributed by atoms with E-state index in [0.29, 0.717) is 28.1 Å². The fourth-order valence-corrected chi connectivity index (χ4v) is 2.13. The first-order valence-electron chi connectivity index (χ1n) is 7.10. The Bertz CT molecular complexity index is 887. The maximum Gasteiger partial charge on any atom is 0.338 e. The van der Waals surface area contributed by atoms with Gasteiger partial charge in [-0.25, -0.2) is 9.78 Å². The van der Waals surface area contributed by atoms with Crippen LogP contribution < -0.4 is 10.1 Å². The zero-order valence-electron chi connectivity index (χ0n) is 12.8. The van der Waals surface area contributed by atoms with E-state index < -0.39 is 18.5 Å². The quantitative estimate of drug-likeness (QED) is 0.725. The van der Waals surface area contributed by atoms with Crippen LogP contribution in [0.15, 0.2) is 53.3 Å². The number of ether oxygens (including phenoxy) is 2. The van der Waals surface area contributed by atoms with E-state index in [-0.39, 0.29) is 0 Å². The van der Waals surface area contributed by atoms with Gasteiger partial charge in [0.15, 0.2) is 18.6 Å². The predicted octanol–water partition coefficient (Wildman–Crippen LogP) is 2.63. The number of amides is 1. The zero-order valence-corrected chi connectivity index (χ0v) is 12.8. The van der Waals surface area contributed by atoms with Crippen molar-refractivity contribution in [3.8, 4) is 5.75 Å². The van der Waals surface area contributed by atoms with Crippen LogP contribution in [0.3, 0.4) is 0 Å². The molecule has 0 radical (unpaired) electrons. The molecular formula is C17H14N2O5. The van der Waals surface area contributed by atoms with E-state index in [1.165, 1.54) is 13.5 Å². The number of nitrogens with one attached hydrogen (secondary N) is 1. The third-order valence-corrected chi connectivity index (χ3v) is 3.28. The average molecular weight is 326 g/mol. The fourth-order valence-electron chi connectivity index (χ4n) is 2.13. The lowest BCUT2D eigenvalue weighted by molar-refractivity contribution is -0.119. The van der Waals surface area contributed by atoms with Gasteiger partial charge in [-0.1, -0.05) is 12.1 Å². The Kier molecular flexibility index (Phi) is 4.42. The van der Waals surface area contributed by atoms with Crippen molar-refractivity contribution >= 4 is 28.7 Å². The first-order valence-corrected chi connectivity index (χ1v) is 7.10. The van der Waals surface area contributed by atoms with E-state index in [9.17, 15) is 9.59 Å². The van der Waals surface area contributed by atoms with Crippen molar-refractivity contribution in [1.29, 1.82) is 0 Å². The fraction of sp³-hybridized carbons (Fsp3) is 0.118. The van der Waals surface area contributed by atoms with Gasteiger partial charge in [0.1, 0.15) is 11.3 Å². The summed E-state index contributed by atoms with van der Waals surface area (Å²) in [7, 11) is 1.51. The smallest absolute Gasteiger partial charge is 0.338 e. The number of carbonyl (C=O) groups excluding carboxylic acids is 2. The first kappa shape index (κ1) is 15.5. The summed E-state index contributed by atoms with van der Waals surface area (Å²) in [6.45, 7) is -0.409. The van der Waals surface area contributed by atoms with Crippen molar-refractivity contribution in [1.82, 2.24) is 4.98 Å². The molecule has 1 aromatic heterocycles. The van der Waals surface area contributed by atoms with Gasteiger partial charge < -0.3 is 19.2 Å². The van der Waals surface area contributed by atoms with Gasteiger partial charge in [0.25, 0.3) is 5.91 Å². The molecule has 7 nitrogen and oxygen atoms in total. The number of methoxy groups -OCH3 is 1. The Hall–Kier alpha value is -3.35. The topological polar surface area (TPSA) is 90.7 Å². The van der Waals surface area contributed by atoms with Gasteiger partial charge >= 0.3 is 5.97 Å². The largest absolute Gasteiger partial charge is 0.495 e.